The summed E-state index contributed by atoms with van der Waals surface area (Å²) in [6.45, 7) is 1.91. The molecule has 0 saturated carbocycles. The van der Waals surface area contributed by atoms with E-state index in [1.807, 2.05) is 25.1 Å². The van der Waals surface area contributed by atoms with Crippen molar-refractivity contribution in [2.24, 2.45) is 0 Å². The van der Waals surface area contributed by atoms with Gasteiger partial charge in [0.2, 0.25) is 9.84 Å². The maximum absolute atomic E-state index is 12.4. The summed E-state index contributed by atoms with van der Waals surface area (Å²) in [6, 6.07) is 17.1. The quantitative estimate of drug-likeness (QED) is 0.812. The second-order valence-electron chi connectivity index (χ2n) is 4.35. The van der Waals surface area contributed by atoms with Gasteiger partial charge >= 0.3 is 0 Å². The molecule has 0 N–H and O–H groups in total. The predicted molar refractivity (Wildman–Crippen MR) is 78.4 cm³/mol. The molecule has 0 heterocycles. The molecule has 0 spiro atoms. The van der Waals surface area contributed by atoms with E-state index in [1.54, 1.807) is 30.3 Å². The second kappa shape index (κ2) is 5.72. The number of hydrogen-bond donors (Lipinski definition) is 0. The Hall–Kier alpha value is -2.38. The molecule has 0 saturated heterocycles. The zero-order valence-corrected chi connectivity index (χ0v) is 11.8. The highest BCUT2D eigenvalue weighted by atomic mass is 32.2. The van der Waals surface area contributed by atoms with Gasteiger partial charge < -0.3 is 0 Å². The van der Waals surface area contributed by atoms with Gasteiger partial charge in [-0.05, 0) is 30.7 Å². The first kappa shape index (κ1) is 14.0. The van der Waals surface area contributed by atoms with Crippen LogP contribution in [-0.4, -0.2) is 8.42 Å². The number of aryl methyl sites for hydroxylation is 1. The van der Waals surface area contributed by atoms with Crippen molar-refractivity contribution in [2.75, 3.05) is 0 Å². The monoisotopic (exact) mass is 283 g/mol. The number of rotatable bonds is 3. The SMILES string of the molecule is Cc1cccc(C=C(C#N)S(=O)(=O)c2ccccc2)c1. The lowest BCUT2D eigenvalue weighted by atomic mass is 10.1. The van der Waals surface area contributed by atoms with Gasteiger partial charge in [-0.15, -0.1) is 0 Å². The van der Waals surface area contributed by atoms with Gasteiger partial charge in [0.05, 0.1) is 4.90 Å². The van der Waals surface area contributed by atoms with Crippen molar-refractivity contribution < 1.29 is 8.42 Å². The van der Waals surface area contributed by atoms with Crippen molar-refractivity contribution in [3.8, 4) is 6.07 Å². The predicted octanol–water partition coefficient (Wildman–Crippen LogP) is 3.33. The van der Waals surface area contributed by atoms with Gasteiger partial charge in [-0.25, -0.2) is 8.42 Å². The van der Waals surface area contributed by atoms with Crippen LogP contribution in [0.4, 0.5) is 0 Å². The lowest BCUT2D eigenvalue weighted by Crippen LogP contribution is -2.03. The molecule has 0 aromatic heterocycles. The van der Waals surface area contributed by atoms with Crippen molar-refractivity contribution in [2.45, 2.75) is 11.8 Å². The lowest BCUT2D eigenvalue weighted by Gasteiger charge is -2.03. The fraction of sp³-hybridized carbons (Fsp3) is 0.0625. The average Bonchev–Trinajstić information content (AvgIpc) is 2.45. The fourth-order valence-corrected chi connectivity index (χ4v) is 2.99. The number of hydrogen-bond acceptors (Lipinski definition) is 3. The molecule has 0 amide bonds. The normalized spacial score (nSPS) is 11.9. The summed E-state index contributed by atoms with van der Waals surface area (Å²) in [7, 11) is -3.76. The van der Waals surface area contributed by atoms with E-state index >= 15 is 0 Å². The lowest BCUT2D eigenvalue weighted by molar-refractivity contribution is 0.603. The van der Waals surface area contributed by atoms with Crippen LogP contribution in [0.2, 0.25) is 0 Å². The molecular weight excluding hydrogens is 270 g/mol. The van der Waals surface area contributed by atoms with Gasteiger partial charge in [0, 0.05) is 0 Å². The molecule has 4 heteroatoms. The van der Waals surface area contributed by atoms with Crippen molar-refractivity contribution in [3.63, 3.8) is 0 Å². The minimum atomic E-state index is -3.76. The van der Waals surface area contributed by atoms with E-state index in [0.29, 0.717) is 5.56 Å². The third kappa shape index (κ3) is 2.95. The average molecular weight is 283 g/mol. The van der Waals surface area contributed by atoms with Crippen LogP contribution in [0.25, 0.3) is 6.08 Å². The molecule has 2 aromatic carbocycles. The standard InChI is InChI=1S/C16H13NO2S/c1-13-6-5-7-14(10-13)11-16(12-17)20(18,19)15-8-3-2-4-9-15/h2-11H,1H3. The Morgan fingerprint density at radius 1 is 1.10 bits per heavy atom. The summed E-state index contributed by atoms with van der Waals surface area (Å²) in [5, 5.41) is 9.16. The van der Waals surface area contributed by atoms with Gasteiger partial charge in [0.1, 0.15) is 11.0 Å². The van der Waals surface area contributed by atoms with Crippen molar-refractivity contribution in [1.29, 1.82) is 5.26 Å². The molecule has 0 aliphatic rings. The van der Waals surface area contributed by atoms with E-state index in [-0.39, 0.29) is 9.80 Å². The van der Waals surface area contributed by atoms with Gasteiger partial charge in [-0.3, -0.25) is 0 Å². The Labute approximate surface area is 118 Å². The van der Waals surface area contributed by atoms with Gasteiger partial charge in [0.25, 0.3) is 0 Å². The Kier molecular flexibility index (Phi) is 4.02. The van der Waals surface area contributed by atoms with Crippen molar-refractivity contribution in [3.05, 3.63) is 70.6 Å². The molecule has 2 aromatic rings. The molecule has 0 bridgehead atoms. The molecule has 0 radical (unpaired) electrons. The van der Waals surface area contributed by atoms with Gasteiger partial charge in [-0.2, -0.15) is 5.26 Å². The molecule has 3 nitrogen and oxygen atoms in total. The molecule has 20 heavy (non-hydrogen) atoms. The van der Waals surface area contributed by atoms with Gasteiger partial charge in [0.15, 0.2) is 0 Å². The maximum atomic E-state index is 12.4. The van der Waals surface area contributed by atoms with Crippen LogP contribution in [0.1, 0.15) is 11.1 Å². The van der Waals surface area contributed by atoms with Gasteiger partial charge in [-0.1, -0.05) is 48.0 Å². The summed E-state index contributed by atoms with van der Waals surface area (Å²) >= 11 is 0. The van der Waals surface area contributed by atoms with E-state index in [2.05, 4.69) is 0 Å². The molecule has 0 unspecified atom stereocenters. The molecule has 0 aliphatic heterocycles. The third-order valence-corrected chi connectivity index (χ3v) is 4.47. The van der Waals surface area contributed by atoms with Crippen LogP contribution in [-0.2, 0) is 9.84 Å². The zero-order valence-electron chi connectivity index (χ0n) is 10.9. The molecule has 0 fully saturated rings. The smallest absolute Gasteiger partial charge is 0.216 e. The summed E-state index contributed by atoms with van der Waals surface area (Å²) in [5.41, 5.74) is 1.70. The molecular formula is C16H13NO2S. The van der Waals surface area contributed by atoms with E-state index in [1.165, 1.54) is 18.2 Å². The van der Waals surface area contributed by atoms with Crippen LogP contribution >= 0.6 is 0 Å². The minimum Gasteiger partial charge on any atom is -0.218 e. The topological polar surface area (TPSA) is 57.9 Å². The number of allylic oxidation sites excluding steroid dienone is 1. The fourth-order valence-electron chi connectivity index (χ4n) is 1.81. The summed E-state index contributed by atoms with van der Waals surface area (Å²) < 4.78 is 24.7. The van der Waals surface area contributed by atoms with E-state index in [0.717, 1.165) is 5.56 Å². The van der Waals surface area contributed by atoms with Crippen LogP contribution in [0.5, 0.6) is 0 Å². The van der Waals surface area contributed by atoms with E-state index in [9.17, 15) is 8.42 Å². The highest BCUT2D eigenvalue weighted by molar-refractivity contribution is 7.95. The Bertz CT molecular complexity index is 785. The summed E-state index contributed by atoms with van der Waals surface area (Å²) in [6.07, 6.45) is 1.40. The summed E-state index contributed by atoms with van der Waals surface area (Å²) in [5.74, 6) is 0. The first-order chi connectivity index (χ1) is 9.54. The molecule has 2 rings (SSSR count). The number of benzene rings is 2. The Balaban J connectivity index is 2.51. The second-order valence-corrected chi connectivity index (χ2v) is 6.27. The van der Waals surface area contributed by atoms with Crippen molar-refractivity contribution in [1.82, 2.24) is 0 Å². The minimum absolute atomic E-state index is 0.125. The van der Waals surface area contributed by atoms with Crippen LogP contribution in [0.3, 0.4) is 0 Å². The van der Waals surface area contributed by atoms with E-state index in [4.69, 9.17) is 5.26 Å². The first-order valence-corrected chi connectivity index (χ1v) is 7.51. The Morgan fingerprint density at radius 2 is 1.80 bits per heavy atom. The zero-order chi connectivity index (χ0) is 14.6. The number of nitriles is 1. The summed E-state index contributed by atoms with van der Waals surface area (Å²) in [4.78, 5) is -0.130. The highest BCUT2D eigenvalue weighted by Gasteiger charge is 2.20. The maximum Gasteiger partial charge on any atom is 0.216 e. The largest absolute Gasteiger partial charge is 0.218 e. The van der Waals surface area contributed by atoms with Crippen LogP contribution in [0.15, 0.2) is 64.4 Å². The Morgan fingerprint density at radius 3 is 2.40 bits per heavy atom. The molecule has 0 atom stereocenters. The van der Waals surface area contributed by atoms with Crippen molar-refractivity contribution >= 4 is 15.9 Å². The molecule has 100 valence electrons. The number of sulfone groups is 1. The third-order valence-electron chi connectivity index (χ3n) is 2.79. The van der Waals surface area contributed by atoms with Crippen LogP contribution < -0.4 is 0 Å². The van der Waals surface area contributed by atoms with Crippen LogP contribution in [0, 0.1) is 18.3 Å². The first-order valence-electron chi connectivity index (χ1n) is 6.02. The number of nitrogens with zero attached hydrogens (tertiary/aromatic N) is 1. The van der Waals surface area contributed by atoms with E-state index < -0.39 is 9.84 Å². The highest BCUT2D eigenvalue weighted by Crippen LogP contribution is 2.21. The molecule has 0 aliphatic carbocycles.